The van der Waals surface area contributed by atoms with Gasteiger partial charge in [-0.25, -0.2) is 4.98 Å². The van der Waals surface area contributed by atoms with Gasteiger partial charge in [-0.2, -0.15) is 0 Å². The van der Waals surface area contributed by atoms with Crippen LogP contribution in [-0.4, -0.2) is 27.0 Å². The number of nitrogens with zero attached hydrogens (tertiary/aromatic N) is 3. The molecule has 138 valence electrons. The molecule has 1 N–H and O–H groups in total. The van der Waals surface area contributed by atoms with Crippen molar-refractivity contribution in [2.45, 2.75) is 26.2 Å². The Morgan fingerprint density at radius 1 is 1.26 bits per heavy atom. The van der Waals surface area contributed by atoms with Crippen molar-refractivity contribution in [2.75, 3.05) is 6.54 Å². The minimum absolute atomic E-state index is 0.191. The number of unbranched alkanes of at least 4 members (excludes halogenated alkanes) is 1. The first kappa shape index (κ1) is 18.5. The first-order valence-corrected chi connectivity index (χ1v) is 8.96. The van der Waals surface area contributed by atoms with E-state index in [0.29, 0.717) is 17.4 Å². The number of fused-ring (bicyclic) bond motifs is 1. The van der Waals surface area contributed by atoms with Gasteiger partial charge in [0.1, 0.15) is 6.33 Å². The van der Waals surface area contributed by atoms with Crippen molar-refractivity contribution < 1.29 is 4.79 Å². The van der Waals surface area contributed by atoms with Gasteiger partial charge >= 0.3 is 0 Å². The van der Waals surface area contributed by atoms with Crippen molar-refractivity contribution >= 4 is 23.0 Å². The second-order valence-electron chi connectivity index (χ2n) is 6.40. The van der Waals surface area contributed by atoms with Gasteiger partial charge in [-0.3, -0.25) is 19.1 Å². The number of carbonyl (C=O) groups excluding carboxylic acids is 1. The van der Waals surface area contributed by atoms with Gasteiger partial charge in [-0.15, -0.1) is 0 Å². The molecule has 3 rings (SSSR count). The molecule has 0 spiro atoms. The number of aryl methyl sites for hydroxylation is 2. The highest BCUT2D eigenvalue weighted by Gasteiger charge is 2.03. The standard InChI is InChI=1S/C21H22N4O2/c1-16-7-8-19-18(13-16)21(27)25(15-24-19)12-9-20(26)23-11-3-2-5-17-6-4-10-22-14-17/h4,6-10,12-15H,2-3,5,11H2,1H3,(H,23,26). The van der Waals surface area contributed by atoms with Gasteiger partial charge in [0.2, 0.25) is 5.91 Å². The molecule has 0 bridgehead atoms. The van der Waals surface area contributed by atoms with E-state index in [-0.39, 0.29) is 11.5 Å². The molecule has 27 heavy (non-hydrogen) atoms. The van der Waals surface area contributed by atoms with Crippen LogP contribution in [0.15, 0.2) is 59.9 Å². The molecule has 0 fully saturated rings. The first-order chi connectivity index (χ1) is 13.1. The fourth-order valence-electron chi connectivity index (χ4n) is 2.77. The Morgan fingerprint density at radius 3 is 2.96 bits per heavy atom. The van der Waals surface area contributed by atoms with E-state index in [0.717, 1.165) is 24.8 Å². The van der Waals surface area contributed by atoms with Gasteiger partial charge in [-0.05, 0) is 49.9 Å². The smallest absolute Gasteiger partial charge is 0.265 e. The van der Waals surface area contributed by atoms with E-state index in [9.17, 15) is 9.59 Å². The SMILES string of the molecule is Cc1ccc2ncn(C=CC(=O)NCCCCc3cccnc3)c(=O)c2c1. The largest absolute Gasteiger partial charge is 0.353 e. The molecule has 0 saturated heterocycles. The summed E-state index contributed by atoms with van der Waals surface area (Å²) in [5.41, 5.74) is 2.65. The number of pyridine rings is 1. The average Bonchev–Trinajstić information content (AvgIpc) is 2.68. The van der Waals surface area contributed by atoms with Gasteiger partial charge in [0.25, 0.3) is 5.56 Å². The molecular formula is C21H22N4O2. The summed E-state index contributed by atoms with van der Waals surface area (Å²) in [5, 5.41) is 3.37. The molecule has 0 unspecified atom stereocenters. The first-order valence-electron chi connectivity index (χ1n) is 8.96. The fourth-order valence-corrected chi connectivity index (χ4v) is 2.77. The third-order valence-electron chi connectivity index (χ3n) is 4.24. The van der Waals surface area contributed by atoms with Crippen LogP contribution in [0, 0.1) is 6.92 Å². The van der Waals surface area contributed by atoms with Gasteiger partial charge < -0.3 is 5.32 Å². The molecule has 0 aliphatic carbocycles. The van der Waals surface area contributed by atoms with Crippen molar-refractivity contribution in [1.29, 1.82) is 0 Å². The zero-order valence-corrected chi connectivity index (χ0v) is 15.3. The normalized spacial score (nSPS) is 11.1. The fraction of sp³-hybridized carbons (Fsp3) is 0.238. The van der Waals surface area contributed by atoms with E-state index in [2.05, 4.69) is 15.3 Å². The molecule has 1 amide bonds. The van der Waals surface area contributed by atoms with E-state index >= 15 is 0 Å². The van der Waals surface area contributed by atoms with Crippen LogP contribution in [0.2, 0.25) is 0 Å². The van der Waals surface area contributed by atoms with Crippen LogP contribution in [0.1, 0.15) is 24.0 Å². The Labute approximate surface area is 157 Å². The highest BCUT2D eigenvalue weighted by atomic mass is 16.1. The second-order valence-corrected chi connectivity index (χ2v) is 6.40. The number of hydrogen-bond donors (Lipinski definition) is 1. The lowest BCUT2D eigenvalue weighted by atomic mass is 10.1. The van der Waals surface area contributed by atoms with Crippen LogP contribution in [0.4, 0.5) is 0 Å². The van der Waals surface area contributed by atoms with Gasteiger partial charge in [0.05, 0.1) is 10.9 Å². The van der Waals surface area contributed by atoms with Crippen molar-refractivity contribution in [2.24, 2.45) is 0 Å². The van der Waals surface area contributed by atoms with Crippen LogP contribution < -0.4 is 10.9 Å². The molecule has 0 atom stereocenters. The Hall–Kier alpha value is -3.28. The maximum atomic E-state index is 12.5. The quantitative estimate of drug-likeness (QED) is 0.518. The van der Waals surface area contributed by atoms with Gasteiger partial charge in [0.15, 0.2) is 0 Å². The lowest BCUT2D eigenvalue weighted by Crippen LogP contribution is -2.23. The van der Waals surface area contributed by atoms with E-state index in [1.54, 1.807) is 12.3 Å². The minimum Gasteiger partial charge on any atom is -0.353 e. The Kier molecular flexibility index (Phi) is 6.10. The second kappa shape index (κ2) is 8.89. The van der Waals surface area contributed by atoms with E-state index in [1.807, 2.05) is 37.4 Å². The predicted octanol–water partition coefficient (Wildman–Crippen LogP) is 2.71. The zero-order valence-electron chi connectivity index (χ0n) is 15.3. The Balaban J connectivity index is 1.50. The zero-order chi connectivity index (χ0) is 19.1. The van der Waals surface area contributed by atoms with Crippen LogP contribution >= 0.6 is 0 Å². The number of hydrogen-bond acceptors (Lipinski definition) is 4. The molecule has 2 aromatic heterocycles. The summed E-state index contributed by atoms with van der Waals surface area (Å²) in [6, 6.07) is 9.50. The molecule has 0 saturated carbocycles. The molecule has 6 heteroatoms. The molecule has 3 aromatic rings. The topological polar surface area (TPSA) is 76.9 Å². The summed E-state index contributed by atoms with van der Waals surface area (Å²) in [7, 11) is 0. The van der Waals surface area contributed by atoms with Gasteiger partial charge in [0, 0.05) is 31.2 Å². The summed E-state index contributed by atoms with van der Waals surface area (Å²) >= 11 is 0. The van der Waals surface area contributed by atoms with Crippen LogP contribution in [0.25, 0.3) is 17.1 Å². The summed E-state index contributed by atoms with van der Waals surface area (Å²) in [4.78, 5) is 32.7. The van der Waals surface area contributed by atoms with Crippen molar-refractivity contribution in [1.82, 2.24) is 19.9 Å². The molecule has 0 aliphatic heterocycles. The Morgan fingerprint density at radius 2 is 2.15 bits per heavy atom. The van der Waals surface area contributed by atoms with E-state index in [1.165, 1.54) is 28.7 Å². The van der Waals surface area contributed by atoms with Crippen LogP contribution in [-0.2, 0) is 11.2 Å². The Bertz CT molecular complexity index is 1010. The van der Waals surface area contributed by atoms with E-state index in [4.69, 9.17) is 0 Å². The van der Waals surface area contributed by atoms with Crippen molar-refractivity contribution in [3.63, 3.8) is 0 Å². The molecule has 6 nitrogen and oxygen atoms in total. The number of aromatic nitrogens is 3. The predicted molar refractivity (Wildman–Crippen MR) is 106 cm³/mol. The van der Waals surface area contributed by atoms with Crippen molar-refractivity contribution in [3.05, 3.63) is 76.6 Å². The maximum absolute atomic E-state index is 12.5. The number of amides is 1. The van der Waals surface area contributed by atoms with Crippen molar-refractivity contribution in [3.8, 4) is 0 Å². The summed E-state index contributed by atoms with van der Waals surface area (Å²) < 4.78 is 1.32. The molecule has 1 aromatic carbocycles. The number of rotatable bonds is 7. The lowest BCUT2D eigenvalue weighted by Gasteiger charge is -2.04. The third-order valence-corrected chi connectivity index (χ3v) is 4.24. The molecular weight excluding hydrogens is 340 g/mol. The molecule has 0 radical (unpaired) electrons. The number of carbonyl (C=O) groups is 1. The number of nitrogens with one attached hydrogen (secondary N) is 1. The lowest BCUT2D eigenvalue weighted by molar-refractivity contribution is -0.116. The van der Waals surface area contributed by atoms with Gasteiger partial charge in [-0.1, -0.05) is 17.7 Å². The van der Waals surface area contributed by atoms with Crippen LogP contribution in [0.5, 0.6) is 0 Å². The summed E-state index contributed by atoms with van der Waals surface area (Å²) in [6.07, 6.45) is 10.6. The average molecular weight is 362 g/mol. The molecule has 0 aliphatic rings. The van der Waals surface area contributed by atoms with Crippen LogP contribution in [0.3, 0.4) is 0 Å². The number of benzene rings is 1. The molecule has 2 heterocycles. The minimum atomic E-state index is -0.229. The highest BCUT2D eigenvalue weighted by Crippen LogP contribution is 2.08. The maximum Gasteiger partial charge on any atom is 0.265 e. The third kappa shape index (κ3) is 5.10. The van der Waals surface area contributed by atoms with E-state index < -0.39 is 0 Å². The highest BCUT2D eigenvalue weighted by molar-refractivity contribution is 5.90. The monoisotopic (exact) mass is 362 g/mol. The summed E-state index contributed by atoms with van der Waals surface area (Å²) in [5.74, 6) is -0.229. The summed E-state index contributed by atoms with van der Waals surface area (Å²) in [6.45, 7) is 2.52.